The minimum absolute atomic E-state index is 0.0394. The molecule has 152 valence electrons. The summed E-state index contributed by atoms with van der Waals surface area (Å²) in [6.45, 7) is 3.12. The number of fused-ring (bicyclic) bond motifs is 1. The SMILES string of the molecule is Cc1ccc(COC(=O)N2CC[C@H](CNc3nc4ccccn4n3)[C@H](F)C2)cc1. The van der Waals surface area contributed by atoms with Gasteiger partial charge in [-0.25, -0.2) is 13.7 Å². The van der Waals surface area contributed by atoms with E-state index in [0.29, 0.717) is 25.5 Å². The number of likely N-dealkylation sites (tertiary alicyclic amines) is 1. The van der Waals surface area contributed by atoms with Gasteiger partial charge in [0.1, 0.15) is 12.8 Å². The van der Waals surface area contributed by atoms with E-state index in [4.69, 9.17) is 4.74 Å². The van der Waals surface area contributed by atoms with Gasteiger partial charge in [0.2, 0.25) is 5.95 Å². The topological polar surface area (TPSA) is 71.8 Å². The Morgan fingerprint density at radius 3 is 2.86 bits per heavy atom. The second-order valence-electron chi connectivity index (χ2n) is 7.37. The molecule has 1 fully saturated rings. The number of halogens is 1. The minimum Gasteiger partial charge on any atom is -0.445 e. The van der Waals surface area contributed by atoms with Gasteiger partial charge in [-0.05, 0) is 31.0 Å². The number of carbonyl (C=O) groups excluding carboxylic acids is 1. The first-order valence-corrected chi connectivity index (χ1v) is 9.75. The lowest BCUT2D eigenvalue weighted by Crippen LogP contribution is -2.46. The molecule has 7 nitrogen and oxygen atoms in total. The molecule has 1 amide bonds. The van der Waals surface area contributed by atoms with Crippen LogP contribution in [-0.4, -0.2) is 51.4 Å². The number of carbonyl (C=O) groups is 1. The fraction of sp³-hybridized carbons (Fsp3) is 0.381. The molecule has 0 bridgehead atoms. The van der Waals surface area contributed by atoms with E-state index >= 15 is 0 Å². The van der Waals surface area contributed by atoms with Crippen molar-refractivity contribution in [2.45, 2.75) is 26.1 Å². The third-order valence-electron chi connectivity index (χ3n) is 5.18. The average molecular weight is 397 g/mol. The summed E-state index contributed by atoms with van der Waals surface area (Å²) in [4.78, 5) is 18.1. The van der Waals surface area contributed by atoms with Crippen molar-refractivity contribution in [2.75, 3.05) is 25.0 Å². The maximum Gasteiger partial charge on any atom is 0.410 e. The lowest BCUT2D eigenvalue weighted by Gasteiger charge is -2.34. The van der Waals surface area contributed by atoms with E-state index in [0.717, 1.165) is 16.8 Å². The predicted octanol–water partition coefficient (Wildman–Crippen LogP) is 3.45. The number of aromatic nitrogens is 3. The maximum atomic E-state index is 14.6. The molecule has 1 aromatic carbocycles. The number of benzene rings is 1. The first-order chi connectivity index (χ1) is 14.1. The summed E-state index contributed by atoms with van der Waals surface area (Å²) >= 11 is 0. The maximum absolute atomic E-state index is 14.6. The summed E-state index contributed by atoms with van der Waals surface area (Å²) in [6.07, 6.45) is 0.773. The second-order valence-corrected chi connectivity index (χ2v) is 7.37. The highest BCUT2D eigenvalue weighted by atomic mass is 19.1. The van der Waals surface area contributed by atoms with Gasteiger partial charge >= 0.3 is 6.09 Å². The van der Waals surface area contributed by atoms with Crippen molar-refractivity contribution in [3.05, 3.63) is 59.8 Å². The molecular formula is C21H24FN5O2. The van der Waals surface area contributed by atoms with Crippen LogP contribution in [0.15, 0.2) is 48.7 Å². The molecule has 3 aromatic rings. The van der Waals surface area contributed by atoms with E-state index in [1.54, 1.807) is 4.52 Å². The molecule has 2 atom stereocenters. The van der Waals surface area contributed by atoms with Gasteiger partial charge in [-0.3, -0.25) is 0 Å². The molecule has 0 spiro atoms. The zero-order valence-corrected chi connectivity index (χ0v) is 16.3. The van der Waals surface area contributed by atoms with E-state index in [2.05, 4.69) is 15.4 Å². The van der Waals surface area contributed by atoms with Crippen LogP contribution >= 0.6 is 0 Å². The first kappa shape index (κ1) is 19.2. The Labute approximate surface area is 168 Å². The van der Waals surface area contributed by atoms with Gasteiger partial charge < -0.3 is 15.0 Å². The number of amides is 1. The van der Waals surface area contributed by atoms with Crippen LogP contribution in [0.4, 0.5) is 15.1 Å². The van der Waals surface area contributed by atoms with Crippen LogP contribution in [0.5, 0.6) is 0 Å². The number of piperidine rings is 1. The lowest BCUT2D eigenvalue weighted by molar-refractivity contribution is 0.0544. The monoisotopic (exact) mass is 397 g/mol. The van der Waals surface area contributed by atoms with Crippen LogP contribution in [0.3, 0.4) is 0 Å². The summed E-state index contributed by atoms with van der Waals surface area (Å²) in [5, 5.41) is 7.42. The van der Waals surface area contributed by atoms with Crippen LogP contribution < -0.4 is 5.32 Å². The molecule has 8 heteroatoms. The second kappa shape index (κ2) is 8.46. The first-order valence-electron chi connectivity index (χ1n) is 9.75. The number of rotatable bonds is 5. The number of ether oxygens (including phenoxy) is 1. The summed E-state index contributed by atoms with van der Waals surface area (Å²) in [7, 11) is 0. The van der Waals surface area contributed by atoms with Crippen molar-refractivity contribution in [3.63, 3.8) is 0 Å². The van der Waals surface area contributed by atoms with Crippen molar-refractivity contribution in [2.24, 2.45) is 5.92 Å². The molecule has 1 aliphatic heterocycles. The minimum atomic E-state index is -1.12. The lowest BCUT2D eigenvalue weighted by atomic mass is 9.95. The standard InChI is InChI=1S/C21H24FN5O2/c1-15-5-7-16(8-6-15)14-29-21(28)26-11-9-17(18(22)13-26)12-23-20-24-19-4-2-3-10-27(19)25-20/h2-8,10,17-18H,9,11-14H2,1H3,(H,23,25)/t17-,18-/m1/s1. The average Bonchev–Trinajstić information content (AvgIpc) is 3.15. The molecular weight excluding hydrogens is 373 g/mol. The van der Waals surface area contributed by atoms with Crippen molar-refractivity contribution in [1.29, 1.82) is 0 Å². The fourth-order valence-electron chi connectivity index (χ4n) is 3.40. The van der Waals surface area contributed by atoms with Crippen molar-refractivity contribution >= 4 is 17.7 Å². The number of nitrogens with one attached hydrogen (secondary N) is 1. The number of hydrogen-bond acceptors (Lipinski definition) is 5. The number of hydrogen-bond donors (Lipinski definition) is 1. The molecule has 0 aliphatic carbocycles. The van der Waals surface area contributed by atoms with Crippen LogP contribution in [0.25, 0.3) is 5.65 Å². The third-order valence-corrected chi connectivity index (χ3v) is 5.18. The fourth-order valence-corrected chi connectivity index (χ4v) is 3.40. The van der Waals surface area contributed by atoms with E-state index in [-0.39, 0.29) is 19.1 Å². The third kappa shape index (κ3) is 4.64. The summed E-state index contributed by atoms with van der Waals surface area (Å²) in [5.74, 6) is 0.270. The molecule has 1 N–H and O–H groups in total. The molecule has 1 saturated heterocycles. The summed E-state index contributed by atoms with van der Waals surface area (Å²) < 4.78 is 21.6. The Balaban J connectivity index is 1.25. The molecule has 0 radical (unpaired) electrons. The number of pyridine rings is 1. The van der Waals surface area contributed by atoms with E-state index in [1.165, 1.54) is 4.90 Å². The Hall–Kier alpha value is -3.16. The van der Waals surface area contributed by atoms with Gasteiger partial charge in [0.15, 0.2) is 5.65 Å². The van der Waals surface area contributed by atoms with Gasteiger partial charge in [-0.1, -0.05) is 35.9 Å². The van der Waals surface area contributed by atoms with Gasteiger partial charge in [0.25, 0.3) is 0 Å². The zero-order valence-electron chi connectivity index (χ0n) is 16.3. The van der Waals surface area contributed by atoms with Gasteiger partial charge in [0.05, 0.1) is 6.54 Å². The van der Waals surface area contributed by atoms with E-state index in [9.17, 15) is 9.18 Å². The Bertz CT molecular complexity index is 942. The van der Waals surface area contributed by atoms with Crippen LogP contribution in [0.2, 0.25) is 0 Å². The number of anilines is 1. The van der Waals surface area contributed by atoms with Crippen LogP contribution in [0.1, 0.15) is 17.5 Å². The molecule has 0 saturated carbocycles. The highest BCUT2D eigenvalue weighted by Gasteiger charge is 2.32. The van der Waals surface area contributed by atoms with Crippen LogP contribution in [-0.2, 0) is 11.3 Å². The van der Waals surface area contributed by atoms with Gasteiger partial charge in [-0.2, -0.15) is 4.98 Å². The number of nitrogens with zero attached hydrogens (tertiary/aromatic N) is 4. The van der Waals surface area contributed by atoms with E-state index < -0.39 is 12.3 Å². The Morgan fingerprint density at radius 2 is 2.10 bits per heavy atom. The van der Waals surface area contributed by atoms with Crippen molar-refractivity contribution in [1.82, 2.24) is 19.5 Å². The number of alkyl halides is 1. The summed E-state index contributed by atoms with van der Waals surface area (Å²) in [6, 6.07) is 13.4. The molecule has 1 aliphatic rings. The normalized spacial score (nSPS) is 19.3. The van der Waals surface area contributed by atoms with Gasteiger partial charge in [0, 0.05) is 25.2 Å². The molecule has 2 aromatic heterocycles. The summed E-state index contributed by atoms with van der Waals surface area (Å²) in [5.41, 5.74) is 2.80. The Morgan fingerprint density at radius 1 is 1.28 bits per heavy atom. The predicted molar refractivity (Wildman–Crippen MR) is 107 cm³/mol. The highest BCUT2D eigenvalue weighted by molar-refractivity contribution is 5.67. The largest absolute Gasteiger partial charge is 0.445 e. The van der Waals surface area contributed by atoms with Crippen molar-refractivity contribution in [3.8, 4) is 0 Å². The molecule has 0 unspecified atom stereocenters. The van der Waals surface area contributed by atoms with Crippen molar-refractivity contribution < 1.29 is 13.9 Å². The Kier molecular flexibility index (Phi) is 5.59. The van der Waals surface area contributed by atoms with Crippen LogP contribution in [0, 0.1) is 12.8 Å². The zero-order chi connectivity index (χ0) is 20.2. The smallest absolute Gasteiger partial charge is 0.410 e. The molecule has 29 heavy (non-hydrogen) atoms. The highest BCUT2D eigenvalue weighted by Crippen LogP contribution is 2.22. The molecule has 3 heterocycles. The van der Waals surface area contributed by atoms with Gasteiger partial charge in [-0.15, -0.1) is 5.10 Å². The van der Waals surface area contributed by atoms with E-state index in [1.807, 2.05) is 55.6 Å². The quantitative estimate of drug-likeness (QED) is 0.714. The number of aryl methyl sites for hydroxylation is 1. The molecule has 4 rings (SSSR count).